The van der Waals surface area contributed by atoms with E-state index in [-0.39, 0.29) is 23.6 Å². The van der Waals surface area contributed by atoms with E-state index in [1.807, 2.05) is 0 Å². The molecular formula is C27H28F2N2O. The van der Waals surface area contributed by atoms with Gasteiger partial charge in [0.1, 0.15) is 11.6 Å². The van der Waals surface area contributed by atoms with Crippen LogP contribution in [0.4, 0.5) is 14.5 Å². The zero-order chi connectivity index (χ0) is 22.7. The van der Waals surface area contributed by atoms with E-state index in [4.69, 9.17) is 0 Å². The fraction of sp³-hybridized carbons (Fsp3) is 0.296. The first-order valence-electron chi connectivity index (χ1n) is 11.0. The van der Waals surface area contributed by atoms with Crippen molar-refractivity contribution in [3.8, 4) is 0 Å². The highest BCUT2D eigenvalue weighted by Crippen LogP contribution is 2.27. The molecule has 1 aliphatic heterocycles. The minimum absolute atomic E-state index is 0.00554. The summed E-state index contributed by atoms with van der Waals surface area (Å²) in [5, 5.41) is 0. The average molecular weight is 435 g/mol. The van der Waals surface area contributed by atoms with Gasteiger partial charge < -0.3 is 4.90 Å². The first-order valence-corrected chi connectivity index (χ1v) is 11.0. The molecule has 32 heavy (non-hydrogen) atoms. The normalized spacial score (nSPS) is 15.0. The number of carbonyl (C=O) groups is 1. The highest BCUT2D eigenvalue weighted by Gasteiger charge is 2.30. The van der Waals surface area contributed by atoms with Crippen LogP contribution >= 0.6 is 0 Å². The van der Waals surface area contributed by atoms with Gasteiger partial charge in [-0.15, -0.1) is 0 Å². The summed E-state index contributed by atoms with van der Waals surface area (Å²) in [7, 11) is 0. The van der Waals surface area contributed by atoms with Crippen molar-refractivity contribution >= 4 is 11.6 Å². The van der Waals surface area contributed by atoms with E-state index in [1.165, 1.54) is 53.1 Å². The van der Waals surface area contributed by atoms with Crippen LogP contribution in [0.2, 0.25) is 0 Å². The number of anilines is 1. The third-order valence-electron chi connectivity index (χ3n) is 6.31. The standard InChI is InChI=1S/C27H28F2N2O/c1-19-3-4-21(17-20(19)2)18-30-15-13-26(14-16-30)31(25-11-9-24(29)10-12-25)27(32)22-5-7-23(28)8-6-22/h3-12,17,26H,13-16,18H2,1-2H3. The molecule has 0 aliphatic carbocycles. The highest BCUT2D eigenvalue weighted by atomic mass is 19.1. The summed E-state index contributed by atoms with van der Waals surface area (Å²) in [6, 6.07) is 18.2. The van der Waals surface area contributed by atoms with Gasteiger partial charge in [0.05, 0.1) is 0 Å². The van der Waals surface area contributed by atoms with E-state index in [9.17, 15) is 13.6 Å². The first kappa shape index (κ1) is 22.2. The van der Waals surface area contributed by atoms with Crippen molar-refractivity contribution < 1.29 is 13.6 Å². The Bertz CT molecular complexity index is 1070. The zero-order valence-corrected chi connectivity index (χ0v) is 18.5. The smallest absolute Gasteiger partial charge is 0.258 e. The maximum Gasteiger partial charge on any atom is 0.258 e. The number of amides is 1. The lowest BCUT2D eigenvalue weighted by Gasteiger charge is -2.38. The van der Waals surface area contributed by atoms with E-state index in [0.29, 0.717) is 11.3 Å². The predicted molar refractivity (Wildman–Crippen MR) is 124 cm³/mol. The van der Waals surface area contributed by atoms with Crippen molar-refractivity contribution in [3.63, 3.8) is 0 Å². The van der Waals surface area contributed by atoms with Gasteiger partial charge in [-0.1, -0.05) is 18.2 Å². The molecule has 166 valence electrons. The SMILES string of the molecule is Cc1ccc(CN2CCC(N(C(=O)c3ccc(F)cc3)c3ccc(F)cc3)CC2)cc1C. The third kappa shape index (κ3) is 5.05. The molecule has 0 atom stereocenters. The first-order chi connectivity index (χ1) is 15.4. The Kier molecular flexibility index (Phi) is 6.66. The largest absolute Gasteiger partial charge is 0.305 e. The van der Waals surface area contributed by atoms with Gasteiger partial charge >= 0.3 is 0 Å². The number of rotatable bonds is 5. The topological polar surface area (TPSA) is 23.6 Å². The molecule has 0 saturated carbocycles. The van der Waals surface area contributed by atoms with Crippen LogP contribution < -0.4 is 4.90 Å². The van der Waals surface area contributed by atoms with Crippen molar-refractivity contribution in [3.05, 3.63) is 101 Å². The zero-order valence-electron chi connectivity index (χ0n) is 18.5. The number of likely N-dealkylation sites (tertiary alicyclic amines) is 1. The van der Waals surface area contributed by atoms with E-state index in [0.717, 1.165) is 32.5 Å². The number of carbonyl (C=O) groups excluding carboxylic acids is 1. The minimum atomic E-state index is -0.380. The van der Waals surface area contributed by atoms with Crippen LogP contribution in [0.3, 0.4) is 0 Å². The molecular weight excluding hydrogens is 406 g/mol. The maximum absolute atomic E-state index is 13.5. The second-order valence-corrected chi connectivity index (χ2v) is 8.58. The molecule has 0 aromatic heterocycles. The lowest BCUT2D eigenvalue weighted by molar-refractivity contribution is 0.0958. The summed E-state index contributed by atoms with van der Waals surface area (Å²) < 4.78 is 26.9. The van der Waals surface area contributed by atoms with Crippen LogP contribution in [-0.2, 0) is 6.54 Å². The van der Waals surface area contributed by atoms with E-state index >= 15 is 0 Å². The van der Waals surface area contributed by atoms with Crippen molar-refractivity contribution in [2.24, 2.45) is 0 Å². The lowest BCUT2D eigenvalue weighted by atomic mass is 9.99. The molecule has 3 aromatic rings. The van der Waals surface area contributed by atoms with Crippen LogP contribution in [0.5, 0.6) is 0 Å². The van der Waals surface area contributed by atoms with Crippen molar-refractivity contribution in [1.82, 2.24) is 4.90 Å². The number of halogens is 2. The van der Waals surface area contributed by atoms with Crippen LogP contribution in [0.25, 0.3) is 0 Å². The van der Waals surface area contributed by atoms with Crippen molar-refractivity contribution in [1.29, 1.82) is 0 Å². The number of benzene rings is 3. The second kappa shape index (κ2) is 9.61. The van der Waals surface area contributed by atoms with E-state index in [1.54, 1.807) is 17.0 Å². The second-order valence-electron chi connectivity index (χ2n) is 8.58. The molecule has 0 N–H and O–H groups in total. The summed E-state index contributed by atoms with van der Waals surface area (Å²) in [5.74, 6) is -0.912. The van der Waals surface area contributed by atoms with Crippen molar-refractivity contribution in [2.45, 2.75) is 39.3 Å². The van der Waals surface area contributed by atoms with Gasteiger partial charge in [-0.2, -0.15) is 0 Å². The molecule has 3 aromatic carbocycles. The van der Waals surface area contributed by atoms with Gasteiger partial charge in [-0.25, -0.2) is 8.78 Å². The quantitative estimate of drug-likeness (QED) is 0.500. The van der Waals surface area contributed by atoms with Crippen LogP contribution in [0.15, 0.2) is 66.7 Å². The number of aryl methyl sites for hydroxylation is 2. The van der Waals surface area contributed by atoms with Gasteiger partial charge in [-0.05, 0) is 91.9 Å². The fourth-order valence-corrected chi connectivity index (χ4v) is 4.32. The van der Waals surface area contributed by atoms with Gasteiger partial charge in [0, 0.05) is 36.9 Å². The molecule has 0 unspecified atom stereocenters. The summed E-state index contributed by atoms with van der Waals surface area (Å²) >= 11 is 0. The molecule has 4 rings (SSSR count). The molecule has 3 nitrogen and oxygen atoms in total. The molecule has 1 saturated heterocycles. The molecule has 1 aliphatic rings. The Morgan fingerprint density at radius 3 is 2.06 bits per heavy atom. The molecule has 1 amide bonds. The Hall–Kier alpha value is -3.05. The monoisotopic (exact) mass is 434 g/mol. The number of nitrogens with zero attached hydrogens (tertiary/aromatic N) is 2. The average Bonchev–Trinajstić information content (AvgIpc) is 2.79. The molecule has 0 bridgehead atoms. The molecule has 1 heterocycles. The highest BCUT2D eigenvalue weighted by molar-refractivity contribution is 6.06. The summed E-state index contributed by atoms with van der Waals surface area (Å²) in [6.45, 7) is 6.87. The lowest BCUT2D eigenvalue weighted by Crippen LogP contribution is -2.47. The van der Waals surface area contributed by atoms with E-state index in [2.05, 4.69) is 36.9 Å². The van der Waals surface area contributed by atoms with Crippen LogP contribution in [-0.4, -0.2) is 29.9 Å². The summed E-state index contributed by atoms with van der Waals surface area (Å²) in [5.41, 5.74) is 4.97. The molecule has 0 spiro atoms. The molecule has 0 radical (unpaired) electrons. The fourth-order valence-electron chi connectivity index (χ4n) is 4.32. The van der Waals surface area contributed by atoms with Crippen LogP contribution in [0, 0.1) is 25.5 Å². The predicted octanol–water partition coefficient (Wildman–Crippen LogP) is 5.89. The number of hydrogen-bond acceptors (Lipinski definition) is 2. The number of hydrogen-bond donors (Lipinski definition) is 0. The Morgan fingerprint density at radius 1 is 0.875 bits per heavy atom. The third-order valence-corrected chi connectivity index (χ3v) is 6.31. The van der Waals surface area contributed by atoms with Gasteiger partial charge in [0.2, 0.25) is 0 Å². The van der Waals surface area contributed by atoms with Gasteiger partial charge in [0.25, 0.3) is 5.91 Å². The maximum atomic E-state index is 13.5. The summed E-state index contributed by atoms with van der Waals surface area (Å²) in [6.07, 6.45) is 1.63. The Balaban J connectivity index is 1.50. The molecule has 5 heteroatoms. The van der Waals surface area contributed by atoms with Gasteiger partial charge in [0.15, 0.2) is 0 Å². The van der Waals surface area contributed by atoms with Crippen molar-refractivity contribution in [2.75, 3.05) is 18.0 Å². The minimum Gasteiger partial charge on any atom is -0.305 e. The summed E-state index contributed by atoms with van der Waals surface area (Å²) in [4.78, 5) is 17.5. The Morgan fingerprint density at radius 2 is 1.47 bits per heavy atom. The van der Waals surface area contributed by atoms with E-state index < -0.39 is 0 Å². The van der Waals surface area contributed by atoms with Gasteiger partial charge in [-0.3, -0.25) is 9.69 Å². The Labute approximate surface area is 188 Å². The number of piperidine rings is 1. The van der Waals surface area contributed by atoms with Crippen LogP contribution in [0.1, 0.15) is 39.9 Å². The molecule has 1 fully saturated rings.